The van der Waals surface area contributed by atoms with E-state index in [2.05, 4.69) is 31.3 Å². The van der Waals surface area contributed by atoms with Crippen molar-refractivity contribution in [1.82, 2.24) is 0 Å². The van der Waals surface area contributed by atoms with Crippen molar-refractivity contribution >= 4 is 23.0 Å². The van der Waals surface area contributed by atoms with Crippen LogP contribution in [0.5, 0.6) is 0 Å². The fourth-order valence-corrected chi connectivity index (χ4v) is 2.80. The summed E-state index contributed by atoms with van der Waals surface area (Å²) in [5.41, 5.74) is 5.66. The fraction of sp³-hybridized carbons (Fsp3) is 0.562. The zero-order chi connectivity index (χ0) is 13.9. The van der Waals surface area contributed by atoms with E-state index in [9.17, 15) is 0 Å². The smallest absolute Gasteiger partial charge is 0.0748 e. The first-order valence-corrected chi connectivity index (χ1v) is 7.40. The van der Waals surface area contributed by atoms with Crippen molar-refractivity contribution in [2.24, 2.45) is 16.4 Å². The summed E-state index contributed by atoms with van der Waals surface area (Å²) in [6.07, 6.45) is 4.68. The van der Waals surface area contributed by atoms with Gasteiger partial charge in [-0.1, -0.05) is 44.5 Å². The van der Waals surface area contributed by atoms with E-state index in [1.807, 2.05) is 24.3 Å². The summed E-state index contributed by atoms with van der Waals surface area (Å²) in [6, 6.07) is 7.72. The molecule has 0 amide bonds. The molecule has 1 aromatic rings. The van der Waals surface area contributed by atoms with Gasteiger partial charge < -0.3 is 0 Å². The van der Waals surface area contributed by atoms with Gasteiger partial charge in [0.1, 0.15) is 0 Å². The van der Waals surface area contributed by atoms with Gasteiger partial charge in [-0.3, -0.25) is 5.43 Å². The number of rotatable bonds is 2. The van der Waals surface area contributed by atoms with Gasteiger partial charge in [-0.2, -0.15) is 5.10 Å². The molecular weight excluding hydrogens is 256 g/mol. The Hall–Kier alpha value is -1.02. The van der Waals surface area contributed by atoms with Crippen LogP contribution in [0.3, 0.4) is 0 Å². The Balaban J connectivity index is 1.92. The molecule has 0 bridgehead atoms. The molecule has 1 aliphatic carbocycles. The molecule has 0 radical (unpaired) electrons. The lowest BCUT2D eigenvalue weighted by Gasteiger charge is -2.34. The van der Waals surface area contributed by atoms with Gasteiger partial charge in [-0.25, -0.2) is 0 Å². The van der Waals surface area contributed by atoms with Gasteiger partial charge in [0.2, 0.25) is 0 Å². The van der Waals surface area contributed by atoms with E-state index in [0.29, 0.717) is 5.41 Å². The Morgan fingerprint density at radius 3 is 2.37 bits per heavy atom. The Bertz CT molecular complexity index is 450. The molecule has 1 saturated carbocycles. The summed E-state index contributed by atoms with van der Waals surface area (Å²) < 4.78 is 0. The molecule has 2 rings (SSSR count). The Kier molecular flexibility index (Phi) is 4.51. The summed E-state index contributed by atoms with van der Waals surface area (Å²) in [6.45, 7) is 7.01. The molecule has 1 N–H and O–H groups in total. The van der Waals surface area contributed by atoms with Gasteiger partial charge in [0.15, 0.2) is 0 Å². The molecule has 104 valence electrons. The fourth-order valence-electron chi connectivity index (χ4n) is 2.62. The van der Waals surface area contributed by atoms with Crippen LogP contribution in [0.15, 0.2) is 29.4 Å². The van der Waals surface area contributed by atoms with Crippen LogP contribution in [0.1, 0.15) is 46.5 Å². The second-order valence-corrected chi connectivity index (χ2v) is 6.82. The van der Waals surface area contributed by atoms with Crippen LogP contribution in [0, 0.1) is 11.3 Å². The van der Waals surface area contributed by atoms with Crippen molar-refractivity contribution in [2.45, 2.75) is 46.5 Å². The van der Waals surface area contributed by atoms with Crippen LogP contribution in [-0.2, 0) is 0 Å². The molecule has 1 aliphatic rings. The van der Waals surface area contributed by atoms with Crippen molar-refractivity contribution in [3.63, 3.8) is 0 Å². The number of anilines is 1. The third-order valence-electron chi connectivity index (χ3n) is 4.00. The molecule has 0 aliphatic heterocycles. The van der Waals surface area contributed by atoms with Crippen LogP contribution in [-0.4, -0.2) is 5.71 Å². The van der Waals surface area contributed by atoms with Crippen molar-refractivity contribution in [3.8, 4) is 0 Å². The first kappa shape index (κ1) is 14.4. The number of para-hydroxylation sites is 1. The van der Waals surface area contributed by atoms with Crippen LogP contribution in [0.4, 0.5) is 5.69 Å². The summed E-state index contributed by atoms with van der Waals surface area (Å²) >= 11 is 6.09. The highest BCUT2D eigenvalue weighted by Crippen LogP contribution is 2.36. The average molecular weight is 279 g/mol. The number of halogens is 1. The molecule has 1 fully saturated rings. The Labute approximate surface area is 121 Å². The molecule has 0 saturated heterocycles. The van der Waals surface area contributed by atoms with E-state index in [4.69, 9.17) is 11.6 Å². The van der Waals surface area contributed by atoms with Gasteiger partial charge in [-0.05, 0) is 49.1 Å². The molecule has 2 nitrogen and oxygen atoms in total. The van der Waals surface area contributed by atoms with E-state index in [0.717, 1.165) is 29.5 Å². The van der Waals surface area contributed by atoms with E-state index in [-0.39, 0.29) is 0 Å². The van der Waals surface area contributed by atoms with Gasteiger partial charge in [-0.15, -0.1) is 0 Å². The lowest BCUT2D eigenvalue weighted by atomic mass is 9.72. The highest BCUT2D eigenvalue weighted by molar-refractivity contribution is 6.33. The zero-order valence-corrected chi connectivity index (χ0v) is 12.8. The number of hydrazone groups is 1. The van der Waals surface area contributed by atoms with E-state index in [1.165, 1.54) is 18.6 Å². The maximum absolute atomic E-state index is 6.09. The highest BCUT2D eigenvalue weighted by Gasteiger charge is 2.27. The summed E-state index contributed by atoms with van der Waals surface area (Å²) in [7, 11) is 0. The SMILES string of the molecule is CC(C)(C)C1CCC(=NNc2ccccc2Cl)CC1. The maximum atomic E-state index is 6.09. The monoisotopic (exact) mass is 278 g/mol. The number of hydrogen-bond acceptors (Lipinski definition) is 2. The maximum Gasteiger partial charge on any atom is 0.0748 e. The van der Waals surface area contributed by atoms with Crippen molar-refractivity contribution < 1.29 is 0 Å². The lowest BCUT2D eigenvalue weighted by molar-refractivity contribution is 0.208. The second kappa shape index (κ2) is 5.96. The minimum Gasteiger partial charge on any atom is -0.277 e. The predicted octanol–water partition coefficient (Wildman–Crippen LogP) is 5.34. The first-order valence-electron chi connectivity index (χ1n) is 7.03. The molecule has 0 aromatic heterocycles. The van der Waals surface area contributed by atoms with E-state index >= 15 is 0 Å². The molecule has 0 heterocycles. The normalized spacial score (nSPS) is 20.2. The largest absolute Gasteiger partial charge is 0.277 e. The van der Waals surface area contributed by atoms with Gasteiger partial charge >= 0.3 is 0 Å². The van der Waals surface area contributed by atoms with Crippen molar-refractivity contribution in [2.75, 3.05) is 5.43 Å². The summed E-state index contributed by atoms with van der Waals surface area (Å²) in [5, 5.41) is 5.23. The van der Waals surface area contributed by atoms with E-state index in [1.54, 1.807) is 0 Å². The minimum atomic E-state index is 0.418. The summed E-state index contributed by atoms with van der Waals surface area (Å²) in [4.78, 5) is 0. The molecule has 3 heteroatoms. The topological polar surface area (TPSA) is 24.4 Å². The third kappa shape index (κ3) is 3.97. The van der Waals surface area contributed by atoms with Crippen LogP contribution in [0.2, 0.25) is 5.02 Å². The molecule has 0 atom stereocenters. The number of nitrogens with one attached hydrogen (secondary N) is 1. The molecule has 1 aromatic carbocycles. The van der Waals surface area contributed by atoms with Crippen LogP contribution < -0.4 is 5.43 Å². The second-order valence-electron chi connectivity index (χ2n) is 6.41. The van der Waals surface area contributed by atoms with Crippen LogP contribution in [0.25, 0.3) is 0 Å². The number of nitrogens with zero attached hydrogens (tertiary/aromatic N) is 1. The number of benzene rings is 1. The van der Waals surface area contributed by atoms with Gasteiger partial charge in [0.05, 0.1) is 10.7 Å². The summed E-state index contributed by atoms with van der Waals surface area (Å²) in [5.74, 6) is 0.812. The Morgan fingerprint density at radius 1 is 1.16 bits per heavy atom. The molecule has 19 heavy (non-hydrogen) atoms. The van der Waals surface area contributed by atoms with Crippen LogP contribution >= 0.6 is 11.6 Å². The third-order valence-corrected chi connectivity index (χ3v) is 4.33. The molecule has 0 unspecified atom stereocenters. The Morgan fingerprint density at radius 2 is 1.79 bits per heavy atom. The van der Waals surface area contributed by atoms with Crippen molar-refractivity contribution in [1.29, 1.82) is 0 Å². The molecular formula is C16H23ClN2. The zero-order valence-electron chi connectivity index (χ0n) is 12.0. The lowest BCUT2D eigenvalue weighted by Crippen LogP contribution is -2.26. The first-order chi connectivity index (χ1) is 8.97. The van der Waals surface area contributed by atoms with Crippen molar-refractivity contribution in [3.05, 3.63) is 29.3 Å². The highest BCUT2D eigenvalue weighted by atomic mass is 35.5. The average Bonchev–Trinajstić information content (AvgIpc) is 2.37. The predicted molar refractivity (Wildman–Crippen MR) is 83.9 cm³/mol. The number of hydrogen-bond donors (Lipinski definition) is 1. The standard InChI is InChI=1S/C16H23ClN2/c1-16(2,3)12-8-10-13(11-9-12)18-19-15-7-5-4-6-14(15)17/h4-7,12,19H,8-11H2,1-3H3. The minimum absolute atomic E-state index is 0.418. The van der Waals surface area contributed by atoms with Gasteiger partial charge in [0, 0.05) is 5.71 Å². The van der Waals surface area contributed by atoms with Gasteiger partial charge in [0.25, 0.3) is 0 Å². The van der Waals surface area contributed by atoms with E-state index < -0.39 is 0 Å². The quantitative estimate of drug-likeness (QED) is 0.725. The molecule has 0 spiro atoms.